The topological polar surface area (TPSA) is 75.9 Å². The van der Waals surface area contributed by atoms with Gasteiger partial charge in [-0.05, 0) is 31.0 Å². The van der Waals surface area contributed by atoms with E-state index in [0.29, 0.717) is 35.8 Å². The molecule has 1 aromatic heterocycles. The number of benzene rings is 1. The van der Waals surface area contributed by atoms with Crippen LogP contribution in [0.2, 0.25) is 0 Å². The SMILES string of the molecule is CS(=O)(=O)O[C@@H]1CC[C@@H]2CN(c3noc4ccc(F)cc34)CCN2C1. The molecule has 2 atom stereocenters. The quantitative estimate of drug-likeness (QED) is 0.761. The lowest BCUT2D eigenvalue weighted by Gasteiger charge is -2.45. The van der Waals surface area contributed by atoms with Crippen LogP contribution in [0, 0.1) is 5.82 Å². The zero-order chi connectivity index (χ0) is 17.6. The van der Waals surface area contributed by atoms with Gasteiger partial charge in [0, 0.05) is 32.2 Å². The van der Waals surface area contributed by atoms with Crippen LogP contribution in [0.1, 0.15) is 12.8 Å². The smallest absolute Gasteiger partial charge is 0.264 e. The van der Waals surface area contributed by atoms with Crippen molar-refractivity contribution in [3.05, 3.63) is 24.0 Å². The maximum absolute atomic E-state index is 13.5. The standard InChI is InChI=1S/C16H20FN3O4S/c1-25(21,22)24-13-4-3-12-9-20(7-6-19(12)10-13)16-14-8-11(17)2-5-15(14)23-18-16/h2,5,8,12-13H,3-4,6-7,9-10H2,1H3/t12-,13-/m1/s1. The van der Waals surface area contributed by atoms with E-state index >= 15 is 0 Å². The lowest BCUT2D eigenvalue weighted by molar-refractivity contribution is 0.0470. The summed E-state index contributed by atoms with van der Waals surface area (Å²) >= 11 is 0. The average molecular weight is 369 g/mol. The molecule has 25 heavy (non-hydrogen) atoms. The Morgan fingerprint density at radius 3 is 2.92 bits per heavy atom. The Kier molecular flexibility index (Phi) is 4.17. The van der Waals surface area contributed by atoms with Gasteiger partial charge in [-0.1, -0.05) is 5.16 Å². The molecule has 0 saturated carbocycles. The minimum absolute atomic E-state index is 0.278. The van der Waals surface area contributed by atoms with E-state index in [-0.39, 0.29) is 11.9 Å². The first kappa shape index (κ1) is 16.7. The van der Waals surface area contributed by atoms with Gasteiger partial charge in [0.05, 0.1) is 17.7 Å². The number of hydrogen-bond donors (Lipinski definition) is 0. The summed E-state index contributed by atoms with van der Waals surface area (Å²) in [6.07, 6.45) is 2.36. The number of fused-ring (bicyclic) bond motifs is 2. The summed E-state index contributed by atoms with van der Waals surface area (Å²) in [6, 6.07) is 4.70. The Bertz CT molecular complexity index is 885. The molecule has 2 aliphatic rings. The fourth-order valence-electron chi connectivity index (χ4n) is 3.78. The van der Waals surface area contributed by atoms with Crippen molar-refractivity contribution in [2.24, 2.45) is 0 Å². The zero-order valence-electron chi connectivity index (χ0n) is 13.9. The second-order valence-corrected chi connectivity index (χ2v) is 8.34. The molecule has 0 radical (unpaired) electrons. The molecule has 2 fully saturated rings. The molecule has 0 N–H and O–H groups in total. The molecule has 136 valence electrons. The predicted octanol–water partition coefficient (Wildman–Crippen LogP) is 1.60. The number of piperidine rings is 1. The van der Waals surface area contributed by atoms with Crippen LogP contribution in [0.5, 0.6) is 0 Å². The van der Waals surface area contributed by atoms with Gasteiger partial charge in [-0.2, -0.15) is 8.42 Å². The minimum atomic E-state index is -3.43. The predicted molar refractivity (Wildman–Crippen MR) is 90.5 cm³/mol. The van der Waals surface area contributed by atoms with E-state index in [0.717, 1.165) is 32.3 Å². The van der Waals surface area contributed by atoms with Gasteiger partial charge in [-0.3, -0.25) is 9.08 Å². The molecular formula is C16H20FN3O4S. The van der Waals surface area contributed by atoms with Gasteiger partial charge in [0.2, 0.25) is 0 Å². The Labute approximate surface area is 145 Å². The Hall–Kier alpha value is -1.71. The second-order valence-electron chi connectivity index (χ2n) is 6.74. The fourth-order valence-corrected chi connectivity index (χ4v) is 4.43. The lowest BCUT2D eigenvalue weighted by Crippen LogP contribution is -2.58. The molecule has 0 spiro atoms. The maximum atomic E-state index is 13.5. The Morgan fingerprint density at radius 1 is 1.28 bits per heavy atom. The van der Waals surface area contributed by atoms with Crippen LogP contribution in [0.3, 0.4) is 0 Å². The van der Waals surface area contributed by atoms with E-state index in [4.69, 9.17) is 8.71 Å². The van der Waals surface area contributed by atoms with Crippen LogP contribution in [0.4, 0.5) is 10.2 Å². The van der Waals surface area contributed by atoms with Gasteiger partial charge in [0.15, 0.2) is 11.4 Å². The maximum Gasteiger partial charge on any atom is 0.264 e. The summed E-state index contributed by atoms with van der Waals surface area (Å²) in [5.74, 6) is 0.359. The molecule has 2 aromatic rings. The number of halogens is 1. The molecule has 1 aromatic carbocycles. The highest BCUT2D eigenvalue weighted by Gasteiger charge is 2.35. The first-order valence-electron chi connectivity index (χ1n) is 8.31. The highest BCUT2D eigenvalue weighted by atomic mass is 32.2. The van der Waals surface area contributed by atoms with E-state index in [1.165, 1.54) is 12.1 Å². The number of aromatic nitrogens is 1. The van der Waals surface area contributed by atoms with Crippen molar-refractivity contribution in [3.8, 4) is 0 Å². The third-order valence-electron chi connectivity index (χ3n) is 4.89. The highest BCUT2D eigenvalue weighted by molar-refractivity contribution is 7.86. The van der Waals surface area contributed by atoms with Crippen molar-refractivity contribution in [1.82, 2.24) is 10.1 Å². The Balaban J connectivity index is 1.48. The van der Waals surface area contributed by atoms with Crippen LogP contribution in [-0.4, -0.2) is 63.1 Å². The van der Waals surface area contributed by atoms with E-state index < -0.39 is 10.1 Å². The molecule has 0 amide bonds. The van der Waals surface area contributed by atoms with Gasteiger partial charge in [-0.15, -0.1) is 0 Å². The van der Waals surface area contributed by atoms with Crippen LogP contribution in [-0.2, 0) is 14.3 Å². The molecular weight excluding hydrogens is 349 g/mol. The van der Waals surface area contributed by atoms with Crippen molar-refractivity contribution in [2.75, 3.05) is 37.3 Å². The number of hydrogen-bond acceptors (Lipinski definition) is 7. The van der Waals surface area contributed by atoms with E-state index in [1.807, 2.05) is 0 Å². The van der Waals surface area contributed by atoms with E-state index in [2.05, 4.69) is 15.0 Å². The molecule has 4 rings (SSSR count). The van der Waals surface area contributed by atoms with Gasteiger partial charge in [0.25, 0.3) is 10.1 Å². The van der Waals surface area contributed by atoms with E-state index in [9.17, 15) is 12.8 Å². The third-order valence-corrected chi connectivity index (χ3v) is 5.51. The van der Waals surface area contributed by atoms with E-state index in [1.54, 1.807) is 6.07 Å². The van der Waals surface area contributed by atoms with Crippen molar-refractivity contribution in [3.63, 3.8) is 0 Å². The van der Waals surface area contributed by atoms with Crippen molar-refractivity contribution in [2.45, 2.75) is 25.0 Å². The largest absolute Gasteiger partial charge is 0.354 e. The van der Waals surface area contributed by atoms with Gasteiger partial charge < -0.3 is 9.42 Å². The summed E-state index contributed by atoms with van der Waals surface area (Å²) in [5.41, 5.74) is 0.573. The molecule has 2 aliphatic heterocycles. The Morgan fingerprint density at radius 2 is 2.12 bits per heavy atom. The van der Waals surface area contributed by atoms with Crippen molar-refractivity contribution in [1.29, 1.82) is 0 Å². The lowest BCUT2D eigenvalue weighted by atomic mass is 9.97. The molecule has 0 aliphatic carbocycles. The molecule has 0 unspecified atom stereocenters. The molecule has 0 bridgehead atoms. The minimum Gasteiger partial charge on any atom is -0.354 e. The zero-order valence-corrected chi connectivity index (χ0v) is 14.7. The summed E-state index contributed by atoms with van der Waals surface area (Å²) < 4.78 is 46.6. The summed E-state index contributed by atoms with van der Waals surface area (Å²) in [6.45, 7) is 2.86. The van der Waals surface area contributed by atoms with Gasteiger partial charge in [0.1, 0.15) is 5.82 Å². The number of rotatable bonds is 3. The average Bonchev–Trinajstić information content (AvgIpc) is 2.96. The first-order valence-corrected chi connectivity index (χ1v) is 10.1. The second kappa shape index (κ2) is 6.22. The van der Waals surface area contributed by atoms with Gasteiger partial charge in [-0.25, -0.2) is 4.39 Å². The molecule has 3 heterocycles. The number of piperazine rings is 1. The highest BCUT2D eigenvalue weighted by Crippen LogP contribution is 2.31. The third kappa shape index (κ3) is 3.49. The molecule has 9 heteroatoms. The monoisotopic (exact) mass is 369 g/mol. The van der Waals surface area contributed by atoms with Crippen molar-refractivity contribution < 1.29 is 21.5 Å². The number of anilines is 1. The van der Waals surface area contributed by atoms with Crippen molar-refractivity contribution >= 4 is 26.9 Å². The number of nitrogens with zero attached hydrogens (tertiary/aromatic N) is 3. The first-order chi connectivity index (χ1) is 11.9. The normalized spacial score (nSPS) is 25.3. The van der Waals surface area contributed by atoms with Crippen LogP contribution < -0.4 is 4.90 Å². The van der Waals surface area contributed by atoms with Crippen LogP contribution in [0.15, 0.2) is 22.7 Å². The molecule has 7 nitrogen and oxygen atoms in total. The van der Waals surface area contributed by atoms with Gasteiger partial charge >= 0.3 is 0 Å². The summed E-state index contributed by atoms with van der Waals surface area (Å²) in [5, 5.41) is 4.81. The summed E-state index contributed by atoms with van der Waals surface area (Å²) in [4.78, 5) is 4.38. The molecule has 2 saturated heterocycles. The summed E-state index contributed by atoms with van der Waals surface area (Å²) in [7, 11) is -3.43. The fraction of sp³-hybridized carbons (Fsp3) is 0.562. The van der Waals surface area contributed by atoms with Crippen LogP contribution in [0.25, 0.3) is 11.0 Å². The van der Waals surface area contributed by atoms with Crippen LogP contribution >= 0.6 is 0 Å².